The summed E-state index contributed by atoms with van der Waals surface area (Å²) >= 11 is 0. The number of ether oxygens (including phenoxy) is 3. The Bertz CT molecular complexity index is 993. The first-order valence-electron chi connectivity index (χ1n) is 11.0. The van der Waals surface area contributed by atoms with E-state index >= 15 is 0 Å². The van der Waals surface area contributed by atoms with Crippen LogP contribution in [0, 0.1) is 0 Å². The molecule has 1 saturated heterocycles. The van der Waals surface area contributed by atoms with E-state index in [-0.39, 0.29) is 11.8 Å². The summed E-state index contributed by atoms with van der Waals surface area (Å²) in [4.78, 5) is 25.0. The van der Waals surface area contributed by atoms with E-state index in [1.807, 2.05) is 12.1 Å². The van der Waals surface area contributed by atoms with E-state index in [1.54, 1.807) is 30.3 Å². The van der Waals surface area contributed by atoms with Crippen LogP contribution < -0.4 is 20.1 Å². The highest BCUT2D eigenvalue weighted by Gasteiger charge is 2.42. The molecule has 1 atom stereocenters. The third-order valence-corrected chi connectivity index (χ3v) is 6.02. The summed E-state index contributed by atoms with van der Waals surface area (Å²) in [5, 5.41) is 5.73. The molecule has 7 nitrogen and oxygen atoms in total. The van der Waals surface area contributed by atoms with E-state index in [4.69, 9.17) is 14.2 Å². The number of hydrogen-bond donors (Lipinski definition) is 2. The van der Waals surface area contributed by atoms with Gasteiger partial charge in [0, 0.05) is 42.5 Å². The molecule has 1 spiro atoms. The molecular formula is C24H26N2O5. The SMILES string of the molecule is O=C(Nc1ccc2c(c1)OC1(CCCCC1)O2)c1cccc(NC(=O)[C@H]2CCCO2)c1. The van der Waals surface area contributed by atoms with Crippen LogP contribution in [0.2, 0.25) is 0 Å². The van der Waals surface area contributed by atoms with Crippen LogP contribution in [0.3, 0.4) is 0 Å². The molecule has 2 aromatic rings. The number of nitrogens with one attached hydrogen (secondary N) is 2. The summed E-state index contributed by atoms with van der Waals surface area (Å²) in [5.41, 5.74) is 1.65. The topological polar surface area (TPSA) is 85.9 Å². The van der Waals surface area contributed by atoms with Crippen LogP contribution in [0.1, 0.15) is 55.3 Å². The Morgan fingerprint density at radius 1 is 0.871 bits per heavy atom. The van der Waals surface area contributed by atoms with Crippen molar-refractivity contribution in [1.82, 2.24) is 0 Å². The standard InChI is InChI=1S/C24H26N2O5/c27-22(16-6-4-7-17(14-16)26-23(28)20-8-5-13-29-20)25-18-9-10-19-21(15-18)31-24(30-19)11-2-1-3-12-24/h4,6-7,9-10,14-15,20H,1-3,5,8,11-13H2,(H,25,27)(H,26,28)/t20-/m1/s1. The van der Waals surface area contributed by atoms with Crippen LogP contribution in [-0.2, 0) is 9.53 Å². The molecule has 3 aliphatic rings. The van der Waals surface area contributed by atoms with Crippen LogP contribution in [0.15, 0.2) is 42.5 Å². The van der Waals surface area contributed by atoms with E-state index in [2.05, 4.69) is 10.6 Å². The maximum atomic E-state index is 12.8. The van der Waals surface area contributed by atoms with Gasteiger partial charge in [-0.05, 0) is 56.0 Å². The second kappa shape index (κ2) is 8.23. The average molecular weight is 422 g/mol. The zero-order chi connectivity index (χ0) is 21.3. The first kappa shape index (κ1) is 19.9. The van der Waals surface area contributed by atoms with E-state index in [0.29, 0.717) is 29.3 Å². The number of benzene rings is 2. The van der Waals surface area contributed by atoms with Crippen molar-refractivity contribution in [2.45, 2.75) is 56.8 Å². The Balaban J connectivity index is 1.25. The summed E-state index contributed by atoms with van der Waals surface area (Å²) < 4.78 is 17.6. The highest BCUT2D eigenvalue weighted by atomic mass is 16.7. The first-order chi connectivity index (χ1) is 15.1. The fourth-order valence-corrected chi connectivity index (χ4v) is 4.41. The Kier molecular flexibility index (Phi) is 5.28. The normalized spacial score (nSPS) is 21.1. The van der Waals surface area contributed by atoms with Crippen LogP contribution in [0.4, 0.5) is 11.4 Å². The quantitative estimate of drug-likeness (QED) is 0.758. The minimum Gasteiger partial charge on any atom is -0.448 e. The third kappa shape index (κ3) is 4.23. The van der Waals surface area contributed by atoms with Crippen LogP contribution in [0.5, 0.6) is 11.5 Å². The van der Waals surface area contributed by atoms with Gasteiger partial charge in [-0.25, -0.2) is 0 Å². The Morgan fingerprint density at radius 2 is 1.68 bits per heavy atom. The number of amides is 2. The Labute approximate surface area is 181 Å². The van der Waals surface area contributed by atoms with Crippen molar-refractivity contribution in [2.24, 2.45) is 0 Å². The van der Waals surface area contributed by atoms with Crippen molar-refractivity contribution in [3.05, 3.63) is 48.0 Å². The van der Waals surface area contributed by atoms with E-state index < -0.39 is 11.9 Å². The molecule has 1 saturated carbocycles. The third-order valence-electron chi connectivity index (χ3n) is 6.02. The molecular weight excluding hydrogens is 396 g/mol. The summed E-state index contributed by atoms with van der Waals surface area (Å²) in [6.45, 7) is 0.608. The van der Waals surface area contributed by atoms with Gasteiger partial charge in [0.1, 0.15) is 6.10 Å². The number of carbonyl (C=O) groups excluding carboxylic acids is 2. The largest absolute Gasteiger partial charge is 0.448 e. The lowest BCUT2D eigenvalue weighted by Crippen LogP contribution is -2.40. The maximum absolute atomic E-state index is 12.8. The molecule has 5 rings (SSSR count). The molecule has 2 aliphatic heterocycles. The fraction of sp³-hybridized carbons (Fsp3) is 0.417. The molecule has 0 radical (unpaired) electrons. The molecule has 2 heterocycles. The summed E-state index contributed by atoms with van der Waals surface area (Å²) in [6, 6.07) is 12.3. The number of carbonyl (C=O) groups is 2. The van der Waals surface area contributed by atoms with Crippen LogP contribution in [-0.4, -0.2) is 30.3 Å². The molecule has 7 heteroatoms. The number of fused-ring (bicyclic) bond motifs is 1. The molecule has 1 aliphatic carbocycles. The van der Waals surface area contributed by atoms with Crippen molar-refractivity contribution >= 4 is 23.2 Å². The average Bonchev–Trinajstić information content (AvgIpc) is 3.42. The van der Waals surface area contributed by atoms with Gasteiger partial charge < -0.3 is 24.8 Å². The van der Waals surface area contributed by atoms with Gasteiger partial charge in [0.2, 0.25) is 0 Å². The highest BCUT2D eigenvalue weighted by molar-refractivity contribution is 6.05. The second-order valence-electron chi connectivity index (χ2n) is 8.36. The van der Waals surface area contributed by atoms with E-state index in [9.17, 15) is 9.59 Å². The molecule has 0 unspecified atom stereocenters. The van der Waals surface area contributed by atoms with Crippen molar-refractivity contribution in [1.29, 1.82) is 0 Å². The van der Waals surface area contributed by atoms with Gasteiger partial charge in [-0.15, -0.1) is 0 Å². The maximum Gasteiger partial charge on any atom is 0.255 e. The number of anilines is 2. The molecule has 0 bridgehead atoms. The van der Waals surface area contributed by atoms with Gasteiger partial charge >= 0.3 is 0 Å². The van der Waals surface area contributed by atoms with Gasteiger partial charge in [0.15, 0.2) is 11.5 Å². The van der Waals surface area contributed by atoms with Gasteiger partial charge in [0.05, 0.1) is 0 Å². The van der Waals surface area contributed by atoms with Crippen molar-refractivity contribution < 1.29 is 23.8 Å². The second-order valence-corrected chi connectivity index (χ2v) is 8.36. The number of hydrogen-bond acceptors (Lipinski definition) is 5. The van der Waals surface area contributed by atoms with Crippen molar-refractivity contribution in [3.8, 4) is 11.5 Å². The lowest BCUT2D eigenvalue weighted by Gasteiger charge is -2.31. The Morgan fingerprint density at radius 3 is 2.48 bits per heavy atom. The molecule has 2 aromatic carbocycles. The van der Waals surface area contributed by atoms with Crippen LogP contribution in [0.25, 0.3) is 0 Å². The first-order valence-corrected chi connectivity index (χ1v) is 11.0. The molecule has 31 heavy (non-hydrogen) atoms. The van der Waals surface area contributed by atoms with Gasteiger partial charge in [0.25, 0.3) is 17.6 Å². The van der Waals surface area contributed by atoms with Gasteiger partial charge in [-0.2, -0.15) is 0 Å². The number of rotatable bonds is 4. The van der Waals surface area contributed by atoms with Gasteiger partial charge in [-0.1, -0.05) is 12.5 Å². The van der Waals surface area contributed by atoms with E-state index in [0.717, 1.165) is 44.3 Å². The zero-order valence-electron chi connectivity index (χ0n) is 17.3. The lowest BCUT2D eigenvalue weighted by atomic mass is 9.94. The van der Waals surface area contributed by atoms with Crippen molar-refractivity contribution in [3.63, 3.8) is 0 Å². The predicted molar refractivity (Wildman–Crippen MR) is 116 cm³/mol. The van der Waals surface area contributed by atoms with Crippen molar-refractivity contribution in [2.75, 3.05) is 17.2 Å². The molecule has 162 valence electrons. The summed E-state index contributed by atoms with van der Waals surface area (Å²) in [6.07, 6.45) is 6.35. The smallest absolute Gasteiger partial charge is 0.255 e. The highest BCUT2D eigenvalue weighted by Crippen LogP contribution is 2.46. The minimum absolute atomic E-state index is 0.178. The van der Waals surface area contributed by atoms with Crippen LogP contribution >= 0.6 is 0 Å². The lowest BCUT2D eigenvalue weighted by molar-refractivity contribution is -0.124. The summed E-state index contributed by atoms with van der Waals surface area (Å²) in [7, 11) is 0. The monoisotopic (exact) mass is 422 g/mol. The molecule has 0 aromatic heterocycles. The molecule has 2 amide bonds. The fourth-order valence-electron chi connectivity index (χ4n) is 4.41. The predicted octanol–water partition coefficient (Wildman–Crippen LogP) is 4.49. The summed E-state index contributed by atoms with van der Waals surface area (Å²) in [5.74, 6) is 0.400. The minimum atomic E-state index is -0.543. The molecule has 2 N–H and O–H groups in total. The molecule has 2 fully saturated rings. The zero-order valence-corrected chi connectivity index (χ0v) is 17.3. The van der Waals surface area contributed by atoms with E-state index in [1.165, 1.54) is 6.42 Å². The Hall–Kier alpha value is -3.06. The van der Waals surface area contributed by atoms with Gasteiger partial charge in [-0.3, -0.25) is 9.59 Å².